The van der Waals surface area contributed by atoms with Gasteiger partial charge in [0.2, 0.25) is 17.7 Å². The van der Waals surface area contributed by atoms with Crippen LogP contribution >= 0.6 is 0 Å². The van der Waals surface area contributed by atoms with Crippen molar-refractivity contribution in [2.75, 3.05) is 51.4 Å². The average molecular weight is 771 g/mol. The molecule has 0 aliphatic carbocycles. The van der Waals surface area contributed by atoms with Crippen LogP contribution in [0.3, 0.4) is 0 Å². The average Bonchev–Trinajstić information content (AvgIpc) is 3.36. The number of nitrogens with one attached hydrogen (secondary N) is 3. The normalized spacial score (nSPS) is 13.6. The number of amides is 7. The molecule has 15 heteroatoms. The Morgan fingerprint density at radius 1 is 0.618 bits per heavy atom. The summed E-state index contributed by atoms with van der Waals surface area (Å²) in [6.45, 7) is 17.2. The van der Waals surface area contributed by atoms with Crippen LogP contribution in [-0.4, -0.2) is 92.3 Å². The number of carbonyl (C=O) groups excluding carboxylic acids is 7. The maximum absolute atomic E-state index is 13.5. The lowest BCUT2D eigenvalue weighted by Gasteiger charge is -2.29. The molecule has 306 valence electrons. The van der Waals surface area contributed by atoms with E-state index >= 15 is 0 Å². The first-order chi connectivity index (χ1) is 25.4. The Labute approximate surface area is 325 Å². The van der Waals surface area contributed by atoms with E-state index in [2.05, 4.69) is 16.0 Å². The van der Waals surface area contributed by atoms with Gasteiger partial charge in [0.15, 0.2) is 0 Å². The Morgan fingerprint density at radius 3 is 1.45 bits per heavy atom. The number of hydrogen-bond donors (Lipinski definition) is 5. The molecule has 15 nitrogen and oxygen atoms in total. The number of anilines is 1. The molecule has 7 N–H and O–H groups in total. The van der Waals surface area contributed by atoms with Gasteiger partial charge in [-0.3, -0.25) is 38.5 Å². The molecule has 0 fully saturated rings. The van der Waals surface area contributed by atoms with Gasteiger partial charge in [0.05, 0.1) is 26.4 Å². The van der Waals surface area contributed by atoms with Crippen molar-refractivity contribution in [2.45, 2.75) is 93.9 Å². The number of ether oxygens (including phenoxy) is 2. The molecular formula is C40H62N6O9. The third-order valence-corrected chi connectivity index (χ3v) is 8.66. The highest BCUT2D eigenvalue weighted by Crippen LogP contribution is 2.25. The van der Waals surface area contributed by atoms with E-state index in [1.807, 2.05) is 55.4 Å². The van der Waals surface area contributed by atoms with Crippen molar-refractivity contribution in [1.29, 1.82) is 0 Å². The number of rotatable bonds is 25. The van der Waals surface area contributed by atoms with Crippen LogP contribution in [0.1, 0.15) is 115 Å². The van der Waals surface area contributed by atoms with Crippen LogP contribution in [0, 0.1) is 21.7 Å². The van der Waals surface area contributed by atoms with E-state index in [0.29, 0.717) is 45.7 Å². The fourth-order valence-corrected chi connectivity index (χ4v) is 5.77. The summed E-state index contributed by atoms with van der Waals surface area (Å²) < 4.78 is 11.8. The van der Waals surface area contributed by atoms with Crippen LogP contribution in [0.15, 0.2) is 30.4 Å². The molecule has 0 spiro atoms. The Bertz CT molecular complexity index is 1500. The molecule has 0 atom stereocenters. The van der Waals surface area contributed by atoms with Crippen molar-refractivity contribution in [2.24, 2.45) is 33.1 Å². The Morgan fingerprint density at radius 2 is 1.04 bits per heavy atom. The number of benzene rings is 1. The summed E-state index contributed by atoms with van der Waals surface area (Å²) >= 11 is 0. The summed E-state index contributed by atoms with van der Waals surface area (Å²) in [5.41, 5.74) is 9.43. The molecule has 0 bridgehead atoms. The van der Waals surface area contributed by atoms with Crippen LogP contribution in [0.25, 0.3) is 0 Å². The minimum atomic E-state index is -0.487. The second kappa shape index (κ2) is 20.3. The predicted molar refractivity (Wildman–Crippen MR) is 208 cm³/mol. The zero-order chi connectivity index (χ0) is 41.6. The molecule has 1 aromatic carbocycles. The first-order valence-electron chi connectivity index (χ1n) is 18.7. The molecule has 1 aliphatic rings. The summed E-state index contributed by atoms with van der Waals surface area (Å²) in [5.74, 6) is -2.75. The van der Waals surface area contributed by atoms with Crippen LogP contribution in [-0.2, 0) is 33.4 Å². The number of imide groups is 1. The Balaban J connectivity index is 2.10. The smallest absolute Gasteiger partial charge is 0.253 e. The van der Waals surface area contributed by atoms with Crippen molar-refractivity contribution in [3.63, 3.8) is 0 Å². The molecule has 55 heavy (non-hydrogen) atoms. The van der Waals surface area contributed by atoms with E-state index in [1.54, 1.807) is 0 Å². The summed E-state index contributed by atoms with van der Waals surface area (Å²) in [4.78, 5) is 87.4. The third kappa shape index (κ3) is 18.0. The van der Waals surface area contributed by atoms with Crippen molar-refractivity contribution < 1.29 is 43.0 Å². The van der Waals surface area contributed by atoms with Crippen LogP contribution in [0.5, 0.6) is 0 Å². The predicted octanol–water partition coefficient (Wildman–Crippen LogP) is 3.46. The zero-order valence-electron chi connectivity index (χ0n) is 33.9. The molecule has 2 rings (SSSR count). The summed E-state index contributed by atoms with van der Waals surface area (Å²) in [7, 11) is 0. The highest BCUT2D eigenvalue weighted by Gasteiger charge is 2.27. The van der Waals surface area contributed by atoms with Gasteiger partial charge in [-0.05, 0) is 41.9 Å². The minimum absolute atomic E-state index is 0.146. The van der Waals surface area contributed by atoms with Crippen molar-refractivity contribution in [3.05, 3.63) is 41.5 Å². The van der Waals surface area contributed by atoms with Gasteiger partial charge in [-0.25, -0.2) is 0 Å². The Kier molecular flexibility index (Phi) is 17.2. The summed E-state index contributed by atoms with van der Waals surface area (Å²) in [5, 5.41) is 8.62. The van der Waals surface area contributed by atoms with Crippen molar-refractivity contribution in [3.8, 4) is 0 Å². The molecule has 0 radical (unpaired) electrons. The van der Waals surface area contributed by atoms with E-state index in [-0.39, 0.29) is 73.4 Å². The summed E-state index contributed by atoms with van der Waals surface area (Å²) in [6, 6.07) is 4.47. The number of carbonyl (C=O) groups is 7. The molecule has 0 unspecified atom stereocenters. The van der Waals surface area contributed by atoms with Gasteiger partial charge in [-0.15, -0.1) is 0 Å². The second-order valence-electron chi connectivity index (χ2n) is 17.6. The van der Waals surface area contributed by atoms with E-state index in [9.17, 15) is 33.6 Å². The number of primary amides is 2. The maximum Gasteiger partial charge on any atom is 0.253 e. The van der Waals surface area contributed by atoms with Gasteiger partial charge in [-0.2, -0.15) is 0 Å². The zero-order valence-corrected chi connectivity index (χ0v) is 33.9. The number of unbranched alkanes of at least 4 members (excludes halogenated alkanes) is 2. The van der Waals surface area contributed by atoms with Gasteiger partial charge in [0.1, 0.15) is 0 Å². The fraction of sp³-hybridized carbons (Fsp3) is 0.625. The largest absolute Gasteiger partial charge is 0.380 e. The molecule has 0 saturated heterocycles. The number of nitrogens with two attached hydrogens (primary N) is 2. The van der Waals surface area contributed by atoms with E-state index in [4.69, 9.17) is 20.9 Å². The highest BCUT2D eigenvalue weighted by atomic mass is 16.5. The second-order valence-corrected chi connectivity index (χ2v) is 17.6. The van der Waals surface area contributed by atoms with Crippen molar-refractivity contribution >= 4 is 47.0 Å². The lowest BCUT2D eigenvalue weighted by Crippen LogP contribution is -2.38. The van der Waals surface area contributed by atoms with E-state index in [1.165, 1.54) is 30.4 Å². The van der Waals surface area contributed by atoms with Gasteiger partial charge in [0, 0.05) is 78.7 Å². The molecular weight excluding hydrogens is 708 g/mol. The Hall–Kier alpha value is -4.63. The maximum atomic E-state index is 13.5. The molecule has 0 aromatic heterocycles. The van der Waals surface area contributed by atoms with Crippen LogP contribution in [0.2, 0.25) is 0 Å². The molecule has 0 saturated carbocycles. The highest BCUT2D eigenvalue weighted by molar-refractivity contribution is 6.12. The van der Waals surface area contributed by atoms with Gasteiger partial charge < -0.3 is 36.9 Å². The number of hydrogen-bond acceptors (Lipinski definition) is 9. The first-order valence-corrected chi connectivity index (χ1v) is 18.7. The molecule has 1 aromatic rings. The summed E-state index contributed by atoms with van der Waals surface area (Å²) in [6.07, 6.45) is 4.61. The van der Waals surface area contributed by atoms with Crippen LogP contribution < -0.4 is 27.4 Å². The van der Waals surface area contributed by atoms with Gasteiger partial charge >= 0.3 is 0 Å². The quantitative estimate of drug-likeness (QED) is 0.0723. The van der Waals surface area contributed by atoms with E-state index < -0.39 is 45.3 Å². The topological polar surface area (TPSA) is 229 Å². The molecule has 7 amide bonds. The number of nitrogens with zero attached hydrogens (tertiary/aromatic N) is 1. The van der Waals surface area contributed by atoms with Gasteiger partial charge in [-0.1, -0.05) is 61.8 Å². The standard InChI is InChI=1S/C40H62N6O9/c1-37(2,19-30(41)47)23-54-25-39(5,6)21-43-35(52)27-16-28(36(53)44-22-40(7,8)26-55-24-38(3,4)20-31(42)48)18-29(17-27)45-32(49)12-10-9-11-15-46-33(50)13-14-34(46)51/h13-14,16-18H,9-12,15,19-26H2,1-8H3,(H2,41,47)(H2,42,48)(H,43,52)(H,44,53)(H,45,49). The lowest BCUT2D eigenvalue weighted by atomic mass is 9.89. The third-order valence-electron chi connectivity index (χ3n) is 8.66. The SMILES string of the molecule is CC(C)(CNC(=O)c1cc(NC(=O)CCCCCN2C(=O)C=CC2=O)cc(C(=O)NCC(C)(C)COCC(C)(C)CC(N)=O)c1)COCC(C)(C)CC(N)=O. The minimum Gasteiger partial charge on any atom is -0.380 e. The van der Waals surface area contributed by atoms with Gasteiger partial charge in [0.25, 0.3) is 23.6 Å². The molecule has 1 aliphatic heterocycles. The first kappa shape index (κ1) is 46.5. The van der Waals surface area contributed by atoms with Crippen molar-refractivity contribution in [1.82, 2.24) is 15.5 Å². The monoisotopic (exact) mass is 770 g/mol. The molecule has 1 heterocycles. The van der Waals surface area contributed by atoms with Crippen LogP contribution in [0.4, 0.5) is 5.69 Å². The van der Waals surface area contributed by atoms with E-state index in [0.717, 1.165) is 4.90 Å². The lowest BCUT2D eigenvalue weighted by molar-refractivity contribution is -0.137. The fourth-order valence-electron chi connectivity index (χ4n) is 5.77.